The monoisotopic (exact) mass is 186 g/mol. The van der Waals surface area contributed by atoms with Crippen LogP contribution in [-0.4, -0.2) is 9.97 Å². The summed E-state index contributed by atoms with van der Waals surface area (Å²) in [5.41, 5.74) is 2.38. The number of hydrogen-bond acceptors (Lipinski definition) is 1. The molecular formula is C12H14N2. The minimum absolute atomic E-state index is 0.687. The van der Waals surface area contributed by atoms with Crippen LogP contribution in [0.1, 0.15) is 25.0 Å². The molecule has 2 nitrogen and oxygen atoms in total. The van der Waals surface area contributed by atoms with Gasteiger partial charge in [0.15, 0.2) is 0 Å². The van der Waals surface area contributed by atoms with Crippen LogP contribution in [-0.2, 0) is 6.42 Å². The molecule has 1 aliphatic rings. The average Bonchev–Trinajstić information content (AvgIpc) is 2.71. The molecule has 1 aliphatic carbocycles. The van der Waals surface area contributed by atoms with Crippen molar-refractivity contribution < 1.29 is 0 Å². The van der Waals surface area contributed by atoms with E-state index in [0.717, 1.165) is 19.3 Å². The Morgan fingerprint density at radius 3 is 3.29 bits per heavy atom. The third-order valence-electron chi connectivity index (χ3n) is 2.72. The molecule has 0 bridgehead atoms. The van der Waals surface area contributed by atoms with Gasteiger partial charge in [0.1, 0.15) is 0 Å². The van der Waals surface area contributed by atoms with Crippen molar-refractivity contribution in [2.45, 2.75) is 25.7 Å². The molecule has 0 fully saturated rings. The quantitative estimate of drug-likeness (QED) is 0.705. The zero-order valence-corrected chi connectivity index (χ0v) is 8.16. The lowest BCUT2D eigenvalue weighted by molar-refractivity contribution is 0.465. The molecule has 2 rings (SSSR count). The fraction of sp³-hybridized carbons (Fsp3) is 0.417. The molecule has 14 heavy (non-hydrogen) atoms. The number of hydrogen-bond donors (Lipinski definition) is 1. The van der Waals surface area contributed by atoms with E-state index in [1.807, 2.05) is 6.20 Å². The van der Waals surface area contributed by atoms with Crippen LogP contribution in [0.4, 0.5) is 0 Å². The number of nitrogens with zero attached hydrogens (tertiary/aromatic N) is 1. The Bertz CT molecular complexity index is 354. The Balaban J connectivity index is 1.95. The molecule has 0 spiro atoms. The van der Waals surface area contributed by atoms with Crippen molar-refractivity contribution in [2.75, 3.05) is 0 Å². The predicted molar refractivity (Wildman–Crippen MR) is 56.5 cm³/mol. The smallest absolute Gasteiger partial charge is 0.0921 e. The summed E-state index contributed by atoms with van der Waals surface area (Å²) in [5.74, 6) is 3.44. The minimum Gasteiger partial charge on any atom is -0.348 e. The molecule has 1 heterocycles. The van der Waals surface area contributed by atoms with Crippen LogP contribution in [0, 0.1) is 18.3 Å². The van der Waals surface area contributed by atoms with Crippen molar-refractivity contribution in [1.82, 2.24) is 9.97 Å². The highest BCUT2D eigenvalue weighted by Gasteiger charge is 2.15. The molecule has 1 N–H and O–H groups in total. The number of terminal acetylenes is 1. The number of H-pyrrole nitrogens is 1. The van der Waals surface area contributed by atoms with Crippen molar-refractivity contribution >= 4 is 0 Å². The molecule has 0 aromatic carbocycles. The standard InChI is InChI=1S/C12H14N2/c1-2-10-4-3-5-11(6-10)7-12-8-13-9-14-12/h1,4,8-9,11H,3,5-7H2,(H,13,14). The van der Waals surface area contributed by atoms with E-state index in [2.05, 4.69) is 22.0 Å². The first kappa shape index (κ1) is 9.08. The normalized spacial score (nSPS) is 21.4. The number of nitrogens with one attached hydrogen (secondary N) is 1. The summed E-state index contributed by atoms with van der Waals surface area (Å²) < 4.78 is 0. The van der Waals surface area contributed by atoms with Gasteiger partial charge in [-0.25, -0.2) is 4.98 Å². The van der Waals surface area contributed by atoms with Gasteiger partial charge in [0.25, 0.3) is 0 Å². The maximum Gasteiger partial charge on any atom is 0.0921 e. The summed E-state index contributed by atoms with van der Waals surface area (Å²) >= 11 is 0. The van der Waals surface area contributed by atoms with E-state index in [9.17, 15) is 0 Å². The summed E-state index contributed by atoms with van der Waals surface area (Å²) in [6, 6.07) is 0. The first-order valence-corrected chi connectivity index (χ1v) is 5.01. The third-order valence-corrected chi connectivity index (χ3v) is 2.72. The second kappa shape index (κ2) is 4.15. The van der Waals surface area contributed by atoms with Gasteiger partial charge < -0.3 is 4.98 Å². The first-order chi connectivity index (χ1) is 6.88. The van der Waals surface area contributed by atoms with E-state index >= 15 is 0 Å². The Hall–Kier alpha value is -1.49. The maximum atomic E-state index is 5.40. The maximum absolute atomic E-state index is 5.40. The molecule has 0 saturated carbocycles. The lowest BCUT2D eigenvalue weighted by Crippen LogP contribution is -2.09. The fourth-order valence-electron chi connectivity index (χ4n) is 1.99. The number of imidazole rings is 1. The SMILES string of the molecule is C#CC1=CCCC(Cc2cnc[nH]2)C1. The van der Waals surface area contributed by atoms with Crippen LogP contribution >= 0.6 is 0 Å². The molecular weight excluding hydrogens is 172 g/mol. The van der Waals surface area contributed by atoms with E-state index in [-0.39, 0.29) is 0 Å². The highest BCUT2D eigenvalue weighted by Crippen LogP contribution is 2.26. The average molecular weight is 186 g/mol. The molecule has 1 atom stereocenters. The Morgan fingerprint density at radius 2 is 2.57 bits per heavy atom. The zero-order chi connectivity index (χ0) is 9.80. The van der Waals surface area contributed by atoms with Crippen molar-refractivity contribution in [1.29, 1.82) is 0 Å². The third kappa shape index (κ3) is 2.05. The van der Waals surface area contributed by atoms with Gasteiger partial charge in [-0.15, -0.1) is 6.42 Å². The molecule has 1 aromatic heterocycles. The minimum atomic E-state index is 0.687. The van der Waals surface area contributed by atoms with Crippen LogP contribution in [0.2, 0.25) is 0 Å². The Morgan fingerprint density at radius 1 is 1.64 bits per heavy atom. The summed E-state index contributed by atoms with van der Waals surface area (Å²) in [4.78, 5) is 7.15. The van der Waals surface area contributed by atoms with Gasteiger partial charge in [0.2, 0.25) is 0 Å². The van der Waals surface area contributed by atoms with E-state index in [0.29, 0.717) is 5.92 Å². The second-order valence-corrected chi connectivity index (χ2v) is 3.80. The highest BCUT2D eigenvalue weighted by atomic mass is 14.9. The topological polar surface area (TPSA) is 28.7 Å². The Labute approximate surface area is 84.4 Å². The van der Waals surface area contributed by atoms with Crippen molar-refractivity contribution in [3.63, 3.8) is 0 Å². The number of aromatic nitrogens is 2. The molecule has 1 unspecified atom stereocenters. The van der Waals surface area contributed by atoms with Crippen LogP contribution in [0.25, 0.3) is 0 Å². The summed E-state index contributed by atoms with van der Waals surface area (Å²) in [6.45, 7) is 0. The van der Waals surface area contributed by atoms with Crippen LogP contribution in [0.5, 0.6) is 0 Å². The van der Waals surface area contributed by atoms with Gasteiger partial charge >= 0.3 is 0 Å². The van der Waals surface area contributed by atoms with Gasteiger partial charge in [-0.3, -0.25) is 0 Å². The lowest BCUT2D eigenvalue weighted by atomic mass is 9.86. The summed E-state index contributed by atoms with van der Waals surface area (Å²) in [7, 11) is 0. The first-order valence-electron chi connectivity index (χ1n) is 5.01. The number of aromatic amines is 1. The van der Waals surface area contributed by atoms with E-state index in [4.69, 9.17) is 6.42 Å². The highest BCUT2D eigenvalue weighted by molar-refractivity contribution is 5.27. The van der Waals surface area contributed by atoms with E-state index in [1.54, 1.807) is 6.33 Å². The second-order valence-electron chi connectivity index (χ2n) is 3.80. The number of allylic oxidation sites excluding steroid dienone is 2. The molecule has 2 heteroatoms. The largest absolute Gasteiger partial charge is 0.348 e. The molecule has 72 valence electrons. The summed E-state index contributed by atoms with van der Waals surface area (Å²) in [6.07, 6.45) is 15.7. The predicted octanol–water partition coefficient (Wildman–Crippen LogP) is 2.31. The summed E-state index contributed by atoms with van der Waals surface area (Å²) in [5, 5.41) is 0. The van der Waals surface area contributed by atoms with Gasteiger partial charge in [0.05, 0.1) is 6.33 Å². The Kier molecular flexibility index (Phi) is 2.69. The van der Waals surface area contributed by atoms with E-state index in [1.165, 1.54) is 17.7 Å². The van der Waals surface area contributed by atoms with Crippen molar-refractivity contribution in [3.05, 3.63) is 29.9 Å². The fourth-order valence-corrected chi connectivity index (χ4v) is 1.99. The van der Waals surface area contributed by atoms with Gasteiger partial charge in [-0.05, 0) is 37.2 Å². The van der Waals surface area contributed by atoms with Crippen LogP contribution in [0.15, 0.2) is 24.2 Å². The lowest BCUT2D eigenvalue weighted by Gasteiger charge is -2.19. The van der Waals surface area contributed by atoms with E-state index < -0.39 is 0 Å². The molecule has 0 saturated heterocycles. The number of rotatable bonds is 2. The van der Waals surface area contributed by atoms with Crippen molar-refractivity contribution in [2.24, 2.45) is 5.92 Å². The molecule has 0 radical (unpaired) electrons. The van der Waals surface area contributed by atoms with Gasteiger partial charge in [-0.2, -0.15) is 0 Å². The van der Waals surface area contributed by atoms with Crippen LogP contribution in [0.3, 0.4) is 0 Å². The molecule has 1 aromatic rings. The van der Waals surface area contributed by atoms with Gasteiger partial charge in [0, 0.05) is 11.9 Å². The zero-order valence-electron chi connectivity index (χ0n) is 8.16. The van der Waals surface area contributed by atoms with Crippen LogP contribution < -0.4 is 0 Å². The molecule has 0 amide bonds. The van der Waals surface area contributed by atoms with Crippen molar-refractivity contribution in [3.8, 4) is 12.3 Å². The molecule has 0 aliphatic heterocycles. The van der Waals surface area contributed by atoms with Gasteiger partial charge in [-0.1, -0.05) is 12.0 Å².